The molecule has 0 aliphatic carbocycles. The van der Waals surface area contributed by atoms with Crippen molar-refractivity contribution in [2.45, 2.75) is 84.9 Å². The van der Waals surface area contributed by atoms with Crippen molar-refractivity contribution in [2.24, 2.45) is 0 Å². The number of thiophene rings is 2. The molecule has 40 heavy (non-hydrogen) atoms. The summed E-state index contributed by atoms with van der Waals surface area (Å²) in [5.41, 5.74) is 1.09. The monoisotopic (exact) mass is 621 g/mol. The molecule has 218 valence electrons. The number of carbonyl (C=O) groups excluding carboxylic acids is 1. The van der Waals surface area contributed by atoms with E-state index >= 15 is 0 Å². The summed E-state index contributed by atoms with van der Waals surface area (Å²) >= 11 is 4.22. The van der Waals surface area contributed by atoms with Gasteiger partial charge in [0.05, 0.1) is 11.2 Å². The molecular formula is C28H39N3O5S3Si. The minimum atomic E-state index is -1.30. The Morgan fingerprint density at radius 2 is 1.98 bits per heavy atom. The Hall–Kier alpha value is -2.43. The lowest BCUT2D eigenvalue weighted by Crippen LogP contribution is -2.45. The minimum absolute atomic E-state index is 0.0775. The molecule has 1 unspecified atom stereocenters. The van der Waals surface area contributed by atoms with Crippen LogP contribution < -0.4 is 4.90 Å². The van der Waals surface area contributed by atoms with Crippen molar-refractivity contribution in [1.29, 1.82) is 0 Å². The van der Waals surface area contributed by atoms with Crippen LogP contribution in [-0.4, -0.2) is 59.6 Å². The van der Waals surface area contributed by atoms with Gasteiger partial charge in [-0.25, -0.2) is 9.59 Å². The maximum atomic E-state index is 13.3. The lowest BCUT2D eigenvalue weighted by molar-refractivity contribution is -0.0183. The van der Waals surface area contributed by atoms with Gasteiger partial charge in [0.25, 0.3) is 0 Å². The molecule has 12 heteroatoms. The quantitative estimate of drug-likeness (QED) is 0.101. The topological polar surface area (TPSA) is 92.2 Å². The number of amides is 2. The van der Waals surface area contributed by atoms with E-state index in [0.717, 1.165) is 31.6 Å². The van der Waals surface area contributed by atoms with Crippen LogP contribution in [0.2, 0.25) is 25.7 Å². The number of ether oxygens (including phenoxy) is 2. The Kier molecular flexibility index (Phi) is 10.8. The van der Waals surface area contributed by atoms with Crippen LogP contribution in [0.15, 0.2) is 17.5 Å². The van der Waals surface area contributed by atoms with Crippen molar-refractivity contribution in [3.05, 3.63) is 32.8 Å². The summed E-state index contributed by atoms with van der Waals surface area (Å²) in [6, 6.07) is 4.34. The molecule has 1 N–H and O–H groups in total. The van der Waals surface area contributed by atoms with E-state index < -0.39 is 31.9 Å². The molecule has 8 nitrogen and oxygen atoms in total. The maximum absolute atomic E-state index is 13.3. The van der Waals surface area contributed by atoms with Gasteiger partial charge < -0.3 is 14.6 Å². The average Bonchev–Trinajstić information content (AvgIpc) is 3.55. The van der Waals surface area contributed by atoms with Crippen LogP contribution >= 0.6 is 34.2 Å². The van der Waals surface area contributed by atoms with E-state index in [1.54, 1.807) is 11.8 Å². The van der Waals surface area contributed by atoms with Crippen molar-refractivity contribution in [3.8, 4) is 11.8 Å². The predicted octanol–water partition coefficient (Wildman–Crippen LogP) is 7.90. The Morgan fingerprint density at radius 1 is 1.25 bits per heavy atom. The summed E-state index contributed by atoms with van der Waals surface area (Å²) in [6.45, 7) is 17.0. The second kappa shape index (κ2) is 13.5. The zero-order valence-corrected chi connectivity index (χ0v) is 27.9. The van der Waals surface area contributed by atoms with Gasteiger partial charge >= 0.3 is 12.2 Å². The number of hydrogen-bond donors (Lipinski definition) is 1. The van der Waals surface area contributed by atoms with Gasteiger partial charge in [0.2, 0.25) is 0 Å². The normalized spacial score (nSPS) is 12.6. The minimum Gasteiger partial charge on any atom is -0.465 e. The molecule has 0 aliphatic heterocycles. The van der Waals surface area contributed by atoms with Crippen molar-refractivity contribution in [2.75, 3.05) is 18.2 Å². The molecule has 0 saturated carbocycles. The molecule has 3 heterocycles. The average molecular weight is 622 g/mol. The van der Waals surface area contributed by atoms with Crippen LogP contribution in [0, 0.1) is 18.8 Å². The molecule has 3 rings (SSSR count). The smallest absolute Gasteiger partial charge is 0.413 e. The number of hydrogen-bond acceptors (Lipinski definition) is 8. The largest absolute Gasteiger partial charge is 0.465 e. The van der Waals surface area contributed by atoms with Gasteiger partial charge in [0, 0.05) is 30.9 Å². The zero-order chi connectivity index (χ0) is 29.7. The molecule has 0 aromatic carbocycles. The highest BCUT2D eigenvalue weighted by atomic mass is 32.1. The first-order valence-electron chi connectivity index (χ1n) is 13.1. The molecule has 3 aromatic heterocycles. The predicted molar refractivity (Wildman–Crippen MR) is 169 cm³/mol. The van der Waals surface area contributed by atoms with E-state index in [9.17, 15) is 14.7 Å². The lowest BCUT2D eigenvalue weighted by atomic mass is 10.1. The van der Waals surface area contributed by atoms with E-state index in [1.807, 2.05) is 45.2 Å². The van der Waals surface area contributed by atoms with Gasteiger partial charge in [0.1, 0.15) is 28.9 Å². The van der Waals surface area contributed by atoms with E-state index in [-0.39, 0.29) is 13.3 Å². The molecular weight excluding hydrogens is 583 g/mol. The first kappa shape index (κ1) is 32.1. The molecule has 0 aliphatic rings. The third kappa shape index (κ3) is 8.78. The summed E-state index contributed by atoms with van der Waals surface area (Å²) in [6.07, 6.45) is -1.05. The highest BCUT2D eigenvalue weighted by molar-refractivity contribution is 7.25. The van der Waals surface area contributed by atoms with E-state index in [1.165, 1.54) is 39.1 Å². The molecule has 2 amide bonds. The molecule has 0 radical (unpaired) electrons. The SMILES string of the molecule is CC#CC(Cc1sc2c(N(Cc3cccs3)C(=O)O)snc2c1C)N(COCC[Si](C)(C)C)C(=O)OC(C)(C)C. The van der Waals surface area contributed by atoms with Crippen molar-refractivity contribution < 1.29 is 24.2 Å². The summed E-state index contributed by atoms with van der Waals surface area (Å²) < 4.78 is 17.2. The fourth-order valence-electron chi connectivity index (χ4n) is 3.80. The second-order valence-electron chi connectivity index (χ2n) is 11.7. The molecule has 1 atom stereocenters. The van der Waals surface area contributed by atoms with E-state index in [4.69, 9.17) is 9.47 Å². The fraction of sp³-hybridized carbons (Fsp3) is 0.536. The Morgan fingerprint density at radius 3 is 2.55 bits per heavy atom. The number of aromatic nitrogens is 1. The Labute approximate surface area is 250 Å². The number of carbonyl (C=O) groups is 2. The summed E-state index contributed by atoms with van der Waals surface area (Å²) in [7, 11) is -1.30. The molecule has 0 fully saturated rings. The molecule has 0 saturated heterocycles. The third-order valence-electron chi connectivity index (χ3n) is 5.92. The number of aryl methyl sites for hydroxylation is 1. The zero-order valence-electron chi connectivity index (χ0n) is 24.5. The third-order valence-corrected chi connectivity index (χ3v) is 10.8. The van der Waals surface area contributed by atoms with Crippen LogP contribution in [0.25, 0.3) is 10.2 Å². The van der Waals surface area contributed by atoms with Gasteiger partial charge in [0.15, 0.2) is 0 Å². The molecule has 3 aromatic rings. The summed E-state index contributed by atoms with van der Waals surface area (Å²) in [5, 5.41) is 12.5. The maximum Gasteiger partial charge on any atom is 0.413 e. The number of nitrogens with zero attached hydrogens (tertiary/aromatic N) is 3. The summed E-state index contributed by atoms with van der Waals surface area (Å²) in [4.78, 5) is 30.4. The van der Waals surface area contributed by atoms with Crippen molar-refractivity contribution in [3.63, 3.8) is 0 Å². The second-order valence-corrected chi connectivity index (χ2v) is 20.2. The van der Waals surface area contributed by atoms with Crippen LogP contribution in [0.3, 0.4) is 0 Å². The van der Waals surface area contributed by atoms with Crippen molar-refractivity contribution in [1.82, 2.24) is 9.27 Å². The van der Waals surface area contributed by atoms with Crippen LogP contribution in [0.1, 0.15) is 43.0 Å². The van der Waals surface area contributed by atoms with Crippen LogP contribution in [0.5, 0.6) is 0 Å². The van der Waals surface area contributed by atoms with Gasteiger partial charge in [-0.3, -0.25) is 9.80 Å². The van der Waals surface area contributed by atoms with Gasteiger partial charge in [-0.1, -0.05) is 31.6 Å². The number of fused-ring (bicyclic) bond motifs is 1. The highest BCUT2D eigenvalue weighted by Crippen LogP contribution is 2.41. The van der Waals surface area contributed by atoms with Crippen molar-refractivity contribution >= 4 is 69.7 Å². The summed E-state index contributed by atoms with van der Waals surface area (Å²) in [5.74, 6) is 6.17. The van der Waals surface area contributed by atoms with Gasteiger partial charge in [-0.05, 0) is 69.2 Å². The first-order chi connectivity index (χ1) is 18.7. The Balaban J connectivity index is 1.91. The fourth-order valence-corrected chi connectivity index (χ4v) is 7.60. The van der Waals surface area contributed by atoms with Crippen LogP contribution in [0.4, 0.5) is 14.6 Å². The Bertz CT molecular complexity index is 1360. The number of carboxylic acid groups (broad SMARTS) is 1. The molecule has 0 bridgehead atoms. The standard InChI is InChI=1S/C28H39N3O5S3Si/c1-9-11-20(31(27(34)36-28(3,4)5)18-35-13-15-40(6,7)8)16-22-19(2)23-24(38-22)25(39-29-23)30(26(32)33)17-21-12-10-14-37-21/h10,12,14,20H,13,15-18H2,1-8H3,(H,32,33). The first-order valence-corrected chi connectivity index (χ1v) is 19.3. The molecule has 0 spiro atoms. The van der Waals surface area contributed by atoms with E-state index in [2.05, 4.69) is 35.9 Å². The number of rotatable bonds is 11. The van der Waals surface area contributed by atoms with E-state index in [0.29, 0.717) is 18.0 Å². The lowest BCUT2D eigenvalue weighted by Gasteiger charge is -2.31. The van der Waals surface area contributed by atoms with Gasteiger partial charge in [-0.2, -0.15) is 4.37 Å². The van der Waals surface area contributed by atoms with Gasteiger partial charge in [-0.15, -0.1) is 28.6 Å². The van der Waals surface area contributed by atoms with Crippen LogP contribution in [-0.2, 0) is 22.4 Å². The number of anilines is 1. The highest BCUT2D eigenvalue weighted by Gasteiger charge is 2.30.